The summed E-state index contributed by atoms with van der Waals surface area (Å²) in [6.07, 6.45) is 7.02. The molecule has 92 valence electrons. The van der Waals surface area contributed by atoms with Crippen LogP contribution in [0.15, 0.2) is 0 Å². The predicted molar refractivity (Wildman–Crippen MR) is 65.2 cm³/mol. The number of rotatable bonds is 5. The van der Waals surface area contributed by atoms with Crippen molar-refractivity contribution >= 4 is 5.91 Å². The molecule has 2 fully saturated rings. The first kappa shape index (κ1) is 11.9. The van der Waals surface area contributed by atoms with Crippen LogP contribution in [0.3, 0.4) is 0 Å². The van der Waals surface area contributed by atoms with E-state index in [1.165, 1.54) is 25.7 Å². The fourth-order valence-electron chi connectivity index (χ4n) is 2.84. The second kappa shape index (κ2) is 5.17. The Labute approximate surface area is 98.4 Å². The van der Waals surface area contributed by atoms with Gasteiger partial charge < -0.3 is 10.6 Å². The van der Waals surface area contributed by atoms with Crippen LogP contribution in [0.1, 0.15) is 45.4 Å². The van der Waals surface area contributed by atoms with Gasteiger partial charge in [-0.05, 0) is 50.1 Å². The number of amides is 1. The topological polar surface area (TPSA) is 41.1 Å². The zero-order valence-corrected chi connectivity index (χ0v) is 10.3. The van der Waals surface area contributed by atoms with Crippen LogP contribution < -0.4 is 10.6 Å². The smallest absolute Gasteiger partial charge is 0.220 e. The van der Waals surface area contributed by atoms with Gasteiger partial charge in [0, 0.05) is 13.0 Å². The Morgan fingerprint density at radius 1 is 1.50 bits per heavy atom. The Morgan fingerprint density at radius 3 is 2.81 bits per heavy atom. The highest BCUT2D eigenvalue weighted by Crippen LogP contribution is 2.43. The van der Waals surface area contributed by atoms with Crippen LogP contribution in [0.4, 0.5) is 0 Å². The van der Waals surface area contributed by atoms with Crippen molar-refractivity contribution in [3.8, 4) is 0 Å². The number of carbonyl (C=O) groups excluding carboxylic acids is 1. The van der Waals surface area contributed by atoms with Gasteiger partial charge in [0.25, 0.3) is 0 Å². The summed E-state index contributed by atoms with van der Waals surface area (Å²) in [5, 5.41) is 6.44. The van der Waals surface area contributed by atoms with Gasteiger partial charge in [0.1, 0.15) is 0 Å². The molecule has 0 bridgehead atoms. The number of carbonyl (C=O) groups is 1. The number of hydrogen-bond donors (Lipinski definition) is 2. The van der Waals surface area contributed by atoms with Crippen molar-refractivity contribution in [2.75, 3.05) is 19.6 Å². The molecule has 0 radical (unpaired) electrons. The molecule has 1 heterocycles. The monoisotopic (exact) mass is 224 g/mol. The van der Waals surface area contributed by atoms with Crippen LogP contribution in [0.2, 0.25) is 0 Å². The Kier molecular flexibility index (Phi) is 3.85. The second-order valence-corrected chi connectivity index (χ2v) is 5.55. The summed E-state index contributed by atoms with van der Waals surface area (Å²) in [7, 11) is 0. The van der Waals surface area contributed by atoms with Crippen molar-refractivity contribution in [2.45, 2.75) is 45.4 Å². The molecule has 3 nitrogen and oxygen atoms in total. The fourth-order valence-corrected chi connectivity index (χ4v) is 2.84. The maximum absolute atomic E-state index is 11.8. The molecule has 3 heteroatoms. The quantitative estimate of drug-likeness (QED) is 0.746. The SMILES string of the molecule is CCC1(CNC(=O)CC2CCNC2)CCC1. The maximum Gasteiger partial charge on any atom is 0.220 e. The first-order valence-corrected chi connectivity index (χ1v) is 6.71. The van der Waals surface area contributed by atoms with E-state index in [0.29, 0.717) is 17.8 Å². The van der Waals surface area contributed by atoms with Gasteiger partial charge in [0.05, 0.1) is 0 Å². The molecule has 1 amide bonds. The van der Waals surface area contributed by atoms with Crippen LogP contribution >= 0.6 is 0 Å². The minimum atomic E-state index is 0.258. The lowest BCUT2D eigenvalue weighted by atomic mass is 9.67. The van der Waals surface area contributed by atoms with E-state index in [1.54, 1.807) is 0 Å². The summed E-state index contributed by atoms with van der Waals surface area (Å²) < 4.78 is 0. The van der Waals surface area contributed by atoms with E-state index in [2.05, 4.69) is 17.6 Å². The van der Waals surface area contributed by atoms with Crippen molar-refractivity contribution in [1.29, 1.82) is 0 Å². The summed E-state index contributed by atoms with van der Waals surface area (Å²) in [5.74, 6) is 0.826. The maximum atomic E-state index is 11.8. The number of hydrogen-bond acceptors (Lipinski definition) is 2. The van der Waals surface area contributed by atoms with E-state index in [4.69, 9.17) is 0 Å². The third-order valence-electron chi connectivity index (χ3n) is 4.46. The molecular weight excluding hydrogens is 200 g/mol. The standard InChI is InChI=1S/C13H24N2O/c1-2-13(5-3-6-13)10-15-12(16)8-11-4-7-14-9-11/h11,14H,2-10H2,1H3,(H,15,16). The van der Waals surface area contributed by atoms with Crippen molar-refractivity contribution in [1.82, 2.24) is 10.6 Å². The van der Waals surface area contributed by atoms with Crippen LogP contribution in [0.25, 0.3) is 0 Å². The zero-order chi connectivity index (χ0) is 11.4. The van der Waals surface area contributed by atoms with Gasteiger partial charge in [-0.25, -0.2) is 0 Å². The molecule has 2 aliphatic rings. The van der Waals surface area contributed by atoms with E-state index in [1.807, 2.05) is 0 Å². The fraction of sp³-hybridized carbons (Fsp3) is 0.923. The molecule has 0 aromatic carbocycles. The third kappa shape index (κ3) is 2.76. The largest absolute Gasteiger partial charge is 0.356 e. The van der Waals surface area contributed by atoms with Crippen molar-refractivity contribution in [3.63, 3.8) is 0 Å². The molecule has 1 aliphatic heterocycles. The van der Waals surface area contributed by atoms with Gasteiger partial charge in [-0.3, -0.25) is 4.79 Å². The van der Waals surface area contributed by atoms with Gasteiger partial charge in [-0.1, -0.05) is 13.3 Å². The van der Waals surface area contributed by atoms with Crippen LogP contribution in [0, 0.1) is 11.3 Å². The molecular formula is C13H24N2O. The first-order valence-electron chi connectivity index (χ1n) is 6.71. The lowest BCUT2D eigenvalue weighted by molar-refractivity contribution is -0.122. The highest BCUT2D eigenvalue weighted by Gasteiger charge is 2.35. The van der Waals surface area contributed by atoms with Gasteiger partial charge in [-0.15, -0.1) is 0 Å². The van der Waals surface area contributed by atoms with E-state index in [-0.39, 0.29) is 5.91 Å². The minimum Gasteiger partial charge on any atom is -0.356 e. The van der Waals surface area contributed by atoms with E-state index < -0.39 is 0 Å². The highest BCUT2D eigenvalue weighted by molar-refractivity contribution is 5.76. The molecule has 1 unspecified atom stereocenters. The van der Waals surface area contributed by atoms with E-state index in [0.717, 1.165) is 26.1 Å². The van der Waals surface area contributed by atoms with Gasteiger partial charge in [0.2, 0.25) is 5.91 Å². The summed E-state index contributed by atoms with van der Waals surface area (Å²) in [6, 6.07) is 0. The lowest BCUT2D eigenvalue weighted by Gasteiger charge is -2.41. The minimum absolute atomic E-state index is 0.258. The average Bonchev–Trinajstić information content (AvgIpc) is 2.69. The van der Waals surface area contributed by atoms with E-state index in [9.17, 15) is 4.79 Å². The molecule has 1 saturated heterocycles. The Morgan fingerprint density at radius 2 is 2.31 bits per heavy atom. The third-order valence-corrected chi connectivity index (χ3v) is 4.46. The molecule has 1 atom stereocenters. The molecule has 16 heavy (non-hydrogen) atoms. The normalized spacial score (nSPS) is 27.4. The average molecular weight is 224 g/mol. The van der Waals surface area contributed by atoms with Crippen molar-refractivity contribution in [2.24, 2.45) is 11.3 Å². The van der Waals surface area contributed by atoms with Crippen LogP contribution in [-0.4, -0.2) is 25.5 Å². The molecule has 0 spiro atoms. The van der Waals surface area contributed by atoms with Crippen LogP contribution in [-0.2, 0) is 4.79 Å². The Bertz CT molecular complexity index is 237. The van der Waals surface area contributed by atoms with Crippen molar-refractivity contribution < 1.29 is 4.79 Å². The Hall–Kier alpha value is -0.570. The molecule has 2 rings (SSSR count). The first-order chi connectivity index (χ1) is 7.74. The van der Waals surface area contributed by atoms with Crippen molar-refractivity contribution in [3.05, 3.63) is 0 Å². The molecule has 1 aliphatic carbocycles. The predicted octanol–water partition coefficient (Wildman–Crippen LogP) is 1.68. The molecule has 2 N–H and O–H groups in total. The molecule has 0 aromatic rings. The van der Waals surface area contributed by atoms with Gasteiger partial charge in [-0.2, -0.15) is 0 Å². The highest BCUT2D eigenvalue weighted by atomic mass is 16.1. The Balaban J connectivity index is 1.66. The summed E-state index contributed by atoms with van der Waals surface area (Å²) in [4.78, 5) is 11.8. The van der Waals surface area contributed by atoms with Gasteiger partial charge >= 0.3 is 0 Å². The summed E-state index contributed by atoms with van der Waals surface area (Å²) >= 11 is 0. The number of nitrogens with one attached hydrogen (secondary N) is 2. The van der Waals surface area contributed by atoms with E-state index >= 15 is 0 Å². The summed E-state index contributed by atoms with van der Waals surface area (Å²) in [6.45, 7) is 5.25. The van der Waals surface area contributed by atoms with Gasteiger partial charge in [0.15, 0.2) is 0 Å². The second-order valence-electron chi connectivity index (χ2n) is 5.55. The molecule has 1 saturated carbocycles. The summed E-state index contributed by atoms with van der Waals surface area (Å²) in [5.41, 5.74) is 0.448. The molecule has 0 aromatic heterocycles. The lowest BCUT2D eigenvalue weighted by Crippen LogP contribution is -2.42. The van der Waals surface area contributed by atoms with Crippen LogP contribution in [0.5, 0.6) is 0 Å². The zero-order valence-electron chi connectivity index (χ0n) is 10.3.